The first kappa shape index (κ1) is 13.4. The average molecular weight is 307 g/mol. The van der Waals surface area contributed by atoms with Crippen LogP contribution in [0.1, 0.15) is 5.56 Å². The molecule has 2 aromatic rings. The number of benzene rings is 1. The second-order valence-electron chi connectivity index (χ2n) is 4.46. The van der Waals surface area contributed by atoms with Crippen molar-refractivity contribution < 1.29 is 14.6 Å². The summed E-state index contributed by atoms with van der Waals surface area (Å²) < 4.78 is 5.58. The molecule has 108 valence electrons. The van der Waals surface area contributed by atoms with Crippen LogP contribution in [0, 0.1) is 0 Å². The second-order valence-corrected chi connectivity index (χ2v) is 4.85. The Morgan fingerprint density at radius 2 is 2.19 bits per heavy atom. The van der Waals surface area contributed by atoms with Gasteiger partial charge in [0.1, 0.15) is 10.9 Å². The van der Waals surface area contributed by atoms with Crippen molar-refractivity contribution in [3.8, 4) is 11.6 Å². The summed E-state index contributed by atoms with van der Waals surface area (Å²) in [7, 11) is 0. The van der Waals surface area contributed by atoms with E-state index in [4.69, 9.17) is 27.2 Å². The predicted molar refractivity (Wildman–Crippen MR) is 77.0 cm³/mol. The lowest BCUT2D eigenvalue weighted by Gasteiger charge is -2.13. The predicted octanol–water partition coefficient (Wildman–Crippen LogP) is 2.54. The number of halogens is 1. The fourth-order valence-corrected chi connectivity index (χ4v) is 2.41. The highest BCUT2D eigenvalue weighted by atomic mass is 35.5. The van der Waals surface area contributed by atoms with Crippen molar-refractivity contribution in [1.82, 2.24) is 9.97 Å². The largest absolute Gasteiger partial charge is 0.465 e. The smallest absolute Gasteiger partial charge is 0.411 e. The van der Waals surface area contributed by atoms with Gasteiger partial charge in [-0.15, -0.1) is 0 Å². The molecule has 0 spiro atoms. The molecule has 1 aromatic heterocycles. The van der Waals surface area contributed by atoms with Gasteiger partial charge in [0.15, 0.2) is 0 Å². The molecule has 0 bridgehead atoms. The van der Waals surface area contributed by atoms with Crippen LogP contribution in [0.2, 0.25) is 5.15 Å². The van der Waals surface area contributed by atoms with Crippen molar-refractivity contribution in [2.24, 2.45) is 0 Å². The van der Waals surface area contributed by atoms with Gasteiger partial charge in [0, 0.05) is 12.6 Å². The Balaban J connectivity index is 1.87. The lowest BCUT2D eigenvalue weighted by Crippen LogP contribution is -2.26. The molecule has 8 heteroatoms. The third kappa shape index (κ3) is 2.68. The number of nitrogen functional groups attached to an aromatic ring is 1. The van der Waals surface area contributed by atoms with Gasteiger partial charge in [-0.2, -0.15) is 4.98 Å². The Kier molecular flexibility index (Phi) is 3.26. The van der Waals surface area contributed by atoms with Crippen LogP contribution in [-0.4, -0.2) is 27.7 Å². The maximum atomic E-state index is 11.1. The molecule has 0 atom stereocenters. The summed E-state index contributed by atoms with van der Waals surface area (Å²) in [5, 5.41) is 9.27. The van der Waals surface area contributed by atoms with Crippen LogP contribution in [0.4, 0.5) is 16.4 Å². The lowest BCUT2D eigenvalue weighted by molar-refractivity contribution is 0.202. The molecule has 0 fully saturated rings. The molecule has 7 nitrogen and oxygen atoms in total. The zero-order chi connectivity index (χ0) is 15.0. The third-order valence-electron chi connectivity index (χ3n) is 3.09. The number of nitrogens with zero attached hydrogens (tertiary/aromatic N) is 3. The summed E-state index contributed by atoms with van der Waals surface area (Å²) in [5.74, 6) is 0.798. The second kappa shape index (κ2) is 5.10. The monoisotopic (exact) mass is 306 g/mol. The van der Waals surface area contributed by atoms with Gasteiger partial charge >= 0.3 is 6.09 Å². The van der Waals surface area contributed by atoms with Gasteiger partial charge in [0.25, 0.3) is 0 Å². The van der Waals surface area contributed by atoms with E-state index < -0.39 is 6.09 Å². The number of hydrogen-bond donors (Lipinski definition) is 2. The Morgan fingerprint density at radius 3 is 2.90 bits per heavy atom. The molecule has 0 aliphatic carbocycles. The average Bonchev–Trinajstić information content (AvgIpc) is 2.80. The van der Waals surface area contributed by atoms with E-state index in [1.165, 1.54) is 11.0 Å². The van der Waals surface area contributed by atoms with Gasteiger partial charge in [-0.05, 0) is 30.2 Å². The summed E-state index contributed by atoms with van der Waals surface area (Å²) in [6.45, 7) is 0.445. The number of anilines is 2. The minimum Gasteiger partial charge on any atom is -0.465 e. The van der Waals surface area contributed by atoms with E-state index in [9.17, 15) is 4.79 Å². The van der Waals surface area contributed by atoms with Crippen LogP contribution in [0.5, 0.6) is 11.6 Å². The van der Waals surface area contributed by atoms with E-state index in [0.717, 1.165) is 5.56 Å². The molecule has 3 rings (SSSR count). The van der Waals surface area contributed by atoms with Crippen LogP contribution in [0.3, 0.4) is 0 Å². The number of aromatic nitrogens is 2. The Labute approximate surface area is 124 Å². The molecular formula is C13H11ClN4O3. The van der Waals surface area contributed by atoms with Gasteiger partial charge in [0.2, 0.25) is 11.8 Å². The highest BCUT2D eigenvalue weighted by Gasteiger charge is 2.24. The van der Waals surface area contributed by atoms with E-state index in [-0.39, 0.29) is 17.0 Å². The minimum absolute atomic E-state index is 0.0238. The molecule has 0 unspecified atom stereocenters. The van der Waals surface area contributed by atoms with Crippen LogP contribution < -0.4 is 15.4 Å². The quantitative estimate of drug-likeness (QED) is 0.827. The molecule has 21 heavy (non-hydrogen) atoms. The highest BCUT2D eigenvalue weighted by molar-refractivity contribution is 6.29. The molecule has 1 amide bonds. The van der Waals surface area contributed by atoms with E-state index in [1.54, 1.807) is 18.2 Å². The lowest BCUT2D eigenvalue weighted by atomic mass is 10.1. The first-order valence-corrected chi connectivity index (χ1v) is 6.52. The topological polar surface area (TPSA) is 102 Å². The molecule has 1 aromatic carbocycles. The number of carboxylic acid groups (broad SMARTS) is 1. The minimum atomic E-state index is -0.960. The maximum Gasteiger partial charge on any atom is 0.411 e. The summed E-state index contributed by atoms with van der Waals surface area (Å²) in [5.41, 5.74) is 7.08. The summed E-state index contributed by atoms with van der Waals surface area (Å²) in [6, 6.07) is 6.61. The third-order valence-corrected chi connectivity index (χ3v) is 3.28. The zero-order valence-corrected chi connectivity index (χ0v) is 11.5. The summed E-state index contributed by atoms with van der Waals surface area (Å²) in [4.78, 5) is 20.0. The van der Waals surface area contributed by atoms with Crippen LogP contribution in [0.25, 0.3) is 0 Å². The Hall–Kier alpha value is -2.54. The Morgan fingerprint density at radius 1 is 1.38 bits per heavy atom. The van der Waals surface area contributed by atoms with Crippen molar-refractivity contribution in [3.05, 3.63) is 35.0 Å². The molecule has 0 saturated carbocycles. The maximum absolute atomic E-state index is 11.1. The van der Waals surface area contributed by atoms with E-state index in [2.05, 4.69) is 9.97 Å². The molecule has 3 N–H and O–H groups in total. The van der Waals surface area contributed by atoms with Crippen molar-refractivity contribution in [2.45, 2.75) is 6.42 Å². The van der Waals surface area contributed by atoms with Crippen molar-refractivity contribution in [1.29, 1.82) is 0 Å². The van der Waals surface area contributed by atoms with Crippen LogP contribution in [-0.2, 0) is 6.42 Å². The van der Waals surface area contributed by atoms with Crippen LogP contribution in [0.15, 0.2) is 24.3 Å². The van der Waals surface area contributed by atoms with Crippen molar-refractivity contribution >= 4 is 29.3 Å². The van der Waals surface area contributed by atoms with Gasteiger partial charge in [-0.25, -0.2) is 9.78 Å². The fourth-order valence-electron chi connectivity index (χ4n) is 2.23. The number of nitrogens with two attached hydrogens (primary N) is 1. The number of hydrogen-bond acceptors (Lipinski definition) is 5. The molecule has 2 heterocycles. The number of fused-ring (bicyclic) bond motifs is 1. The number of rotatable bonds is 2. The summed E-state index contributed by atoms with van der Waals surface area (Å²) in [6.07, 6.45) is -0.316. The van der Waals surface area contributed by atoms with Crippen molar-refractivity contribution in [2.75, 3.05) is 17.2 Å². The summed E-state index contributed by atoms with van der Waals surface area (Å²) >= 11 is 5.78. The van der Waals surface area contributed by atoms with Crippen molar-refractivity contribution in [3.63, 3.8) is 0 Å². The number of ether oxygens (including phenoxy) is 1. The van der Waals surface area contributed by atoms with Gasteiger partial charge in [0.05, 0.1) is 5.69 Å². The van der Waals surface area contributed by atoms with Gasteiger partial charge in [-0.3, -0.25) is 4.90 Å². The van der Waals surface area contributed by atoms with E-state index in [0.29, 0.717) is 24.4 Å². The standard InChI is InChI=1S/C13H11ClN4O3/c14-10-6-11(17-12(15)16-10)21-8-1-2-9-7(5-8)3-4-18(9)13(19)20/h1-2,5-6H,3-4H2,(H,19,20)(H2,15,16,17). The highest BCUT2D eigenvalue weighted by Crippen LogP contribution is 2.33. The van der Waals surface area contributed by atoms with E-state index >= 15 is 0 Å². The number of amides is 1. The van der Waals surface area contributed by atoms with E-state index in [1.807, 2.05) is 0 Å². The fraction of sp³-hybridized carbons (Fsp3) is 0.154. The molecule has 1 aliphatic rings. The SMILES string of the molecule is Nc1nc(Cl)cc(Oc2ccc3c(c2)CCN3C(=O)O)n1. The zero-order valence-electron chi connectivity index (χ0n) is 10.8. The molecule has 1 aliphatic heterocycles. The molecule has 0 saturated heterocycles. The van der Waals surface area contributed by atoms with Crippen LogP contribution >= 0.6 is 11.6 Å². The first-order valence-electron chi connectivity index (χ1n) is 6.14. The first-order chi connectivity index (χ1) is 10.0. The van der Waals surface area contributed by atoms with Gasteiger partial charge < -0.3 is 15.6 Å². The Bertz CT molecular complexity index is 702. The number of carbonyl (C=O) groups is 1. The molecule has 0 radical (unpaired) electrons. The normalized spacial score (nSPS) is 13.1. The molecular weight excluding hydrogens is 296 g/mol. The van der Waals surface area contributed by atoms with Gasteiger partial charge in [-0.1, -0.05) is 11.6 Å².